The van der Waals surface area contributed by atoms with Crippen LogP contribution in [0.5, 0.6) is 5.75 Å². The first kappa shape index (κ1) is 19.6. The van der Waals surface area contributed by atoms with Crippen LogP contribution in [0.1, 0.15) is 21.1 Å². The number of aryl methyl sites for hydroxylation is 1. The van der Waals surface area contributed by atoms with Crippen molar-refractivity contribution in [3.8, 4) is 5.75 Å². The van der Waals surface area contributed by atoms with Crippen LogP contribution in [0.3, 0.4) is 0 Å². The lowest BCUT2D eigenvalue weighted by Gasteiger charge is -2.17. The van der Waals surface area contributed by atoms with Crippen molar-refractivity contribution in [1.82, 2.24) is 9.88 Å². The molecular weight excluding hydrogens is 374 g/mol. The molecular formula is C21H21N3O3S. The monoisotopic (exact) mass is 395 g/mol. The molecule has 6 nitrogen and oxygen atoms in total. The Balaban J connectivity index is 1.52. The van der Waals surface area contributed by atoms with E-state index in [9.17, 15) is 9.59 Å². The van der Waals surface area contributed by atoms with Gasteiger partial charge in [0, 0.05) is 23.7 Å². The van der Waals surface area contributed by atoms with Gasteiger partial charge in [0.05, 0.1) is 17.2 Å². The van der Waals surface area contributed by atoms with E-state index >= 15 is 0 Å². The Morgan fingerprint density at radius 3 is 2.46 bits per heavy atom. The molecule has 0 radical (unpaired) electrons. The van der Waals surface area contributed by atoms with Crippen LogP contribution < -0.4 is 10.1 Å². The standard InChI is InChI=1S/C21H21N3O3S/c1-15-22-18(14-28-15)13-27-19-10-8-16(9-11-19)21(26)24(2)12-20(25)23-17-6-4-3-5-7-17/h3-11,14H,12-13H2,1-2H3,(H,23,25). The lowest BCUT2D eigenvalue weighted by atomic mass is 10.2. The summed E-state index contributed by atoms with van der Waals surface area (Å²) in [6, 6.07) is 16.0. The zero-order valence-corrected chi connectivity index (χ0v) is 16.5. The van der Waals surface area contributed by atoms with E-state index < -0.39 is 0 Å². The lowest BCUT2D eigenvalue weighted by molar-refractivity contribution is -0.116. The zero-order chi connectivity index (χ0) is 19.9. The zero-order valence-electron chi connectivity index (χ0n) is 15.7. The number of amides is 2. The highest BCUT2D eigenvalue weighted by Gasteiger charge is 2.15. The second kappa shape index (κ2) is 9.14. The van der Waals surface area contributed by atoms with Crippen LogP contribution in [0.15, 0.2) is 60.0 Å². The Morgan fingerprint density at radius 2 is 1.82 bits per heavy atom. The molecule has 0 aliphatic carbocycles. The van der Waals surface area contributed by atoms with Crippen LogP contribution in [0, 0.1) is 6.92 Å². The number of likely N-dealkylation sites (N-methyl/N-ethyl adjacent to an activating group) is 1. The van der Waals surface area contributed by atoms with E-state index in [2.05, 4.69) is 10.3 Å². The van der Waals surface area contributed by atoms with Gasteiger partial charge in [0.15, 0.2) is 0 Å². The molecule has 0 atom stereocenters. The first-order valence-corrected chi connectivity index (χ1v) is 9.63. The highest BCUT2D eigenvalue weighted by atomic mass is 32.1. The molecule has 2 aromatic carbocycles. The molecule has 3 rings (SSSR count). The first-order valence-electron chi connectivity index (χ1n) is 8.75. The van der Waals surface area contributed by atoms with Crippen molar-refractivity contribution >= 4 is 28.8 Å². The van der Waals surface area contributed by atoms with Gasteiger partial charge in [-0.25, -0.2) is 4.98 Å². The molecule has 144 valence electrons. The van der Waals surface area contributed by atoms with E-state index in [1.807, 2.05) is 30.5 Å². The highest BCUT2D eigenvalue weighted by molar-refractivity contribution is 7.09. The molecule has 0 aliphatic rings. The van der Waals surface area contributed by atoms with Gasteiger partial charge in [-0.2, -0.15) is 0 Å². The van der Waals surface area contributed by atoms with E-state index in [1.54, 1.807) is 54.8 Å². The van der Waals surface area contributed by atoms with Gasteiger partial charge in [-0.15, -0.1) is 11.3 Å². The van der Waals surface area contributed by atoms with Gasteiger partial charge in [-0.3, -0.25) is 9.59 Å². The predicted octanol–water partition coefficient (Wildman–Crippen LogP) is 3.74. The van der Waals surface area contributed by atoms with Gasteiger partial charge in [-0.1, -0.05) is 18.2 Å². The molecule has 0 spiro atoms. The molecule has 0 bridgehead atoms. The van der Waals surface area contributed by atoms with Gasteiger partial charge in [-0.05, 0) is 43.3 Å². The van der Waals surface area contributed by atoms with Crippen LogP contribution in [0.2, 0.25) is 0 Å². The van der Waals surface area contributed by atoms with Gasteiger partial charge >= 0.3 is 0 Å². The number of aromatic nitrogens is 1. The second-order valence-corrected chi connectivity index (χ2v) is 7.31. The van der Waals surface area contributed by atoms with Crippen LogP contribution in [0.25, 0.3) is 0 Å². The van der Waals surface area contributed by atoms with Crippen LogP contribution >= 0.6 is 11.3 Å². The lowest BCUT2D eigenvalue weighted by Crippen LogP contribution is -2.34. The summed E-state index contributed by atoms with van der Waals surface area (Å²) < 4.78 is 5.69. The Morgan fingerprint density at radius 1 is 1.11 bits per heavy atom. The number of nitrogens with zero attached hydrogens (tertiary/aromatic N) is 2. The van der Waals surface area contributed by atoms with Gasteiger partial charge < -0.3 is 15.0 Å². The average Bonchev–Trinajstić information content (AvgIpc) is 3.12. The molecule has 1 heterocycles. The Labute approximate surface area is 167 Å². The number of benzene rings is 2. The third-order valence-corrected chi connectivity index (χ3v) is 4.76. The van der Waals surface area contributed by atoms with Crippen LogP contribution in [0.4, 0.5) is 5.69 Å². The van der Waals surface area contributed by atoms with E-state index in [0.29, 0.717) is 23.6 Å². The average molecular weight is 395 g/mol. The predicted molar refractivity (Wildman–Crippen MR) is 110 cm³/mol. The summed E-state index contributed by atoms with van der Waals surface area (Å²) in [5.41, 5.74) is 2.07. The number of ether oxygens (including phenoxy) is 1. The van der Waals surface area contributed by atoms with Crippen molar-refractivity contribution in [2.45, 2.75) is 13.5 Å². The fourth-order valence-electron chi connectivity index (χ4n) is 2.56. The van der Waals surface area contributed by atoms with Crippen molar-refractivity contribution in [2.75, 3.05) is 18.9 Å². The number of hydrogen-bond acceptors (Lipinski definition) is 5. The third kappa shape index (κ3) is 5.40. The number of nitrogens with one attached hydrogen (secondary N) is 1. The molecule has 7 heteroatoms. The number of hydrogen-bond donors (Lipinski definition) is 1. The number of rotatable bonds is 7. The summed E-state index contributed by atoms with van der Waals surface area (Å²) in [5.74, 6) is 0.178. The summed E-state index contributed by atoms with van der Waals surface area (Å²) >= 11 is 1.58. The van der Waals surface area contributed by atoms with Crippen molar-refractivity contribution < 1.29 is 14.3 Å². The van der Waals surface area contributed by atoms with Crippen molar-refractivity contribution in [2.24, 2.45) is 0 Å². The van der Waals surface area contributed by atoms with Gasteiger partial charge in [0.25, 0.3) is 5.91 Å². The maximum atomic E-state index is 12.5. The topological polar surface area (TPSA) is 71.5 Å². The number of para-hydroxylation sites is 1. The molecule has 1 aromatic heterocycles. The minimum atomic E-state index is -0.249. The fourth-order valence-corrected chi connectivity index (χ4v) is 3.15. The molecule has 0 saturated heterocycles. The minimum Gasteiger partial charge on any atom is -0.487 e. The third-order valence-electron chi connectivity index (χ3n) is 3.94. The smallest absolute Gasteiger partial charge is 0.254 e. The minimum absolute atomic E-state index is 0.0326. The largest absolute Gasteiger partial charge is 0.487 e. The maximum Gasteiger partial charge on any atom is 0.254 e. The number of anilines is 1. The quantitative estimate of drug-likeness (QED) is 0.661. The summed E-state index contributed by atoms with van der Waals surface area (Å²) in [5, 5.41) is 5.72. The van der Waals surface area contributed by atoms with Crippen molar-refractivity contribution in [3.63, 3.8) is 0 Å². The molecule has 3 aromatic rings. The number of thiazole rings is 1. The highest BCUT2D eigenvalue weighted by Crippen LogP contribution is 2.16. The molecule has 0 unspecified atom stereocenters. The summed E-state index contributed by atoms with van der Waals surface area (Å²) in [6.45, 7) is 2.30. The van der Waals surface area contributed by atoms with Gasteiger partial charge in [0.2, 0.25) is 5.91 Å². The Bertz CT molecular complexity index is 939. The van der Waals surface area contributed by atoms with Crippen molar-refractivity contribution in [1.29, 1.82) is 0 Å². The molecule has 0 aliphatic heterocycles. The normalized spacial score (nSPS) is 10.4. The Hall–Kier alpha value is -3.19. The van der Waals surface area contributed by atoms with Crippen molar-refractivity contribution in [3.05, 3.63) is 76.2 Å². The number of carbonyl (C=O) groups excluding carboxylic acids is 2. The summed E-state index contributed by atoms with van der Waals surface area (Å²) in [6.07, 6.45) is 0. The van der Waals surface area contributed by atoms with E-state index in [1.165, 1.54) is 4.90 Å². The van der Waals surface area contributed by atoms with Crippen LogP contribution in [-0.4, -0.2) is 35.3 Å². The van der Waals surface area contributed by atoms with E-state index in [-0.39, 0.29) is 18.4 Å². The molecule has 2 amide bonds. The number of carbonyl (C=O) groups is 2. The second-order valence-electron chi connectivity index (χ2n) is 6.25. The summed E-state index contributed by atoms with van der Waals surface area (Å²) in [7, 11) is 1.60. The van der Waals surface area contributed by atoms with Crippen LogP contribution in [-0.2, 0) is 11.4 Å². The van der Waals surface area contributed by atoms with E-state index in [0.717, 1.165) is 10.7 Å². The SMILES string of the molecule is Cc1nc(COc2ccc(C(=O)N(C)CC(=O)Nc3ccccc3)cc2)cs1. The summed E-state index contributed by atoms with van der Waals surface area (Å²) in [4.78, 5) is 30.4. The molecule has 28 heavy (non-hydrogen) atoms. The molecule has 0 fully saturated rings. The maximum absolute atomic E-state index is 12.5. The molecule has 1 N–H and O–H groups in total. The molecule has 0 saturated carbocycles. The Kier molecular flexibility index (Phi) is 6.39. The van der Waals surface area contributed by atoms with Gasteiger partial charge in [0.1, 0.15) is 12.4 Å². The fraction of sp³-hybridized carbons (Fsp3) is 0.190. The van der Waals surface area contributed by atoms with E-state index in [4.69, 9.17) is 4.74 Å². The first-order chi connectivity index (χ1) is 13.5.